The molecule has 2 heterocycles. The first-order chi connectivity index (χ1) is 8.24. The minimum atomic E-state index is -0.525. The fourth-order valence-corrected chi connectivity index (χ4v) is 4.01. The molecule has 0 spiro atoms. The molecule has 4 heteroatoms. The van der Waals surface area contributed by atoms with E-state index in [0.717, 1.165) is 36.8 Å². The van der Waals surface area contributed by atoms with Gasteiger partial charge in [-0.25, -0.2) is 0 Å². The average molecular weight is 258 g/mol. The molecule has 0 amide bonds. The Hall–Kier alpha value is 0.0700. The molecule has 17 heavy (non-hydrogen) atoms. The van der Waals surface area contributed by atoms with Gasteiger partial charge in [-0.05, 0) is 44.7 Å². The summed E-state index contributed by atoms with van der Waals surface area (Å²) >= 11 is 0. The second kappa shape index (κ2) is 6.86. The highest BCUT2D eigenvalue weighted by atomic mass is 32.2. The van der Waals surface area contributed by atoms with Crippen LogP contribution in [0.4, 0.5) is 0 Å². The lowest BCUT2D eigenvalue weighted by Crippen LogP contribution is -2.42. The summed E-state index contributed by atoms with van der Waals surface area (Å²) in [7, 11) is -0.525. The first-order valence-corrected chi connectivity index (χ1v) is 8.53. The van der Waals surface area contributed by atoms with Crippen LogP contribution in [0, 0.1) is 5.92 Å². The van der Waals surface area contributed by atoms with Crippen LogP contribution in [0.1, 0.15) is 32.6 Å². The number of hydrogen-bond acceptors (Lipinski definition) is 3. The van der Waals surface area contributed by atoms with Crippen LogP contribution >= 0.6 is 0 Å². The molecule has 2 aliphatic heterocycles. The predicted octanol–water partition coefficient (Wildman–Crippen LogP) is 1.22. The van der Waals surface area contributed by atoms with Gasteiger partial charge in [0.15, 0.2) is 0 Å². The molecular formula is C13H26N2OS. The summed E-state index contributed by atoms with van der Waals surface area (Å²) in [5.74, 6) is 2.73. The van der Waals surface area contributed by atoms with E-state index in [0.29, 0.717) is 6.04 Å². The molecule has 0 aromatic carbocycles. The Balaban J connectivity index is 1.55. The second-order valence-corrected chi connectivity index (χ2v) is 7.30. The molecule has 3 nitrogen and oxygen atoms in total. The molecule has 2 rings (SSSR count). The van der Waals surface area contributed by atoms with E-state index >= 15 is 0 Å². The predicted molar refractivity (Wildman–Crippen MR) is 73.7 cm³/mol. The van der Waals surface area contributed by atoms with Crippen molar-refractivity contribution in [3.63, 3.8) is 0 Å². The van der Waals surface area contributed by atoms with Crippen LogP contribution < -0.4 is 5.32 Å². The van der Waals surface area contributed by atoms with Crippen molar-refractivity contribution in [3.05, 3.63) is 0 Å². The van der Waals surface area contributed by atoms with Gasteiger partial charge in [0.05, 0.1) is 0 Å². The molecule has 0 radical (unpaired) electrons. The molecule has 2 saturated heterocycles. The van der Waals surface area contributed by atoms with Gasteiger partial charge in [0.1, 0.15) is 0 Å². The minimum Gasteiger partial charge on any atom is -0.313 e. The second-order valence-electron chi connectivity index (χ2n) is 5.60. The van der Waals surface area contributed by atoms with Gasteiger partial charge >= 0.3 is 0 Å². The summed E-state index contributed by atoms with van der Waals surface area (Å²) < 4.78 is 11.2. The van der Waals surface area contributed by atoms with Crippen LogP contribution in [0.2, 0.25) is 0 Å². The van der Waals surface area contributed by atoms with Crippen LogP contribution in [0.15, 0.2) is 0 Å². The zero-order valence-corrected chi connectivity index (χ0v) is 11.8. The van der Waals surface area contributed by atoms with Gasteiger partial charge in [0.2, 0.25) is 0 Å². The van der Waals surface area contributed by atoms with E-state index in [1.54, 1.807) is 0 Å². The molecule has 0 aromatic rings. The topological polar surface area (TPSA) is 32.3 Å². The molecule has 0 aliphatic carbocycles. The van der Waals surface area contributed by atoms with Gasteiger partial charge in [0, 0.05) is 41.4 Å². The largest absolute Gasteiger partial charge is 0.313 e. The molecule has 0 atom stereocenters. The van der Waals surface area contributed by atoms with E-state index in [2.05, 4.69) is 17.1 Å². The van der Waals surface area contributed by atoms with Crippen molar-refractivity contribution >= 4 is 10.8 Å². The van der Waals surface area contributed by atoms with E-state index < -0.39 is 10.8 Å². The summed E-state index contributed by atoms with van der Waals surface area (Å²) in [5, 5.41) is 3.62. The lowest BCUT2D eigenvalue weighted by molar-refractivity contribution is 0.190. The zero-order valence-electron chi connectivity index (χ0n) is 11.0. The van der Waals surface area contributed by atoms with Crippen molar-refractivity contribution in [2.45, 2.75) is 38.6 Å². The van der Waals surface area contributed by atoms with Gasteiger partial charge in [-0.1, -0.05) is 6.92 Å². The SMILES string of the molecule is CC1CCN(CCNC2CCS(=O)CC2)CC1. The third-order valence-corrected chi connectivity index (χ3v) is 5.51. The van der Waals surface area contributed by atoms with Gasteiger partial charge in [-0.2, -0.15) is 0 Å². The first-order valence-electron chi connectivity index (χ1n) is 7.05. The number of nitrogens with one attached hydrogen (secondary N) is 1. The Morgan fingerprint density at radius 3 is 2.47 bits per heavy atom. The zero-order chi connectivity index (χ0) is 12.1. The summed E-state index contributed by atoms with van der Waals surface area (Å²) in [6.07, 6.45) is 4.93. The van der Waals surface area contributed by atoms with Crippen molar-refractivity contribution in [2.24, 2.45) is 5.92 Å². The average Bonchev–Trinajstić information content (AvgIpc) is 2.34. The van der Waals surface area contributed by atoms with Crippen LogP contribution in [0.5, 0.6) is 0 Å². The van der Waals surface area contributed by atoms with Crippen LogP contribution in [-0.4, -0.2) is 52.8 Å². The lowest BCUT2D eigenvalue weighted by atomic mass is 9.99. The number of hydrogen-bond donors (Lipinski definition) is 1. The molecule has 2 aliphatic rings. The van der Waals surface area contributed by atoms with Crippen molar-refractivity contribution in [1.29, 1.82) is 0 Å². The number of nitrogens with zero attached hydrogens (tertiary/aromatic N) is 1. The van der Waals surface area contributed by atoms with Crippen LogP contribution in [0.25, 0.3) is 0 Å². The van der Waals surface area contributed by atoms with Gasteiger partial charge < -0.3 is 10.2 Å². The quantitative estimate of drug-likeness (QED) is 0.823. The summed E-state index contributed by atoms with van der Waals surface area (Å²) in [6.45, 7) is 7.20. The maximum absolute atomic E-state index is 11.2. The van der Waals surface area contributed by atoms with Crippen LogP contribution in [0.3, 0.4) is 0 Å². The van der Waals surface area contributed by atoms with Crippen molar-refractivity contribution in [2.75, 3.05) is 37.7 Å². The lowest BCUT2D eigenvalue weighted by Gasteiger charge is -2.31. The number of likely N-dealkylation sites (tertiary alicyclic amines) is 1. The highest BCUT2D eigenvalue weighted by molar-refractivity contribution is 7.85. The first kappa shape index (κ1) is 13.5. The molecule has 2 fully saturated rings. The van der Waals surface area contributed by atoms with E-state index in [4.69, 9.17) is 0 Å². The fourth-order valence-electron chi connectivity index (χ4n) is 2.71. The number of piperidine rings is 1. The Bertz CT molecular complexity index is 242. The number of rotatable bonds is 4. The molecular weight excluding hydrogens is 232 g/mol. The molecule has 1 N–H and O–H groups in total. The van der Waals surface area contributed by atoms with Crippen molar-refractivity contribution in [1.82, 2.24) is 10.2 Å². The monoisotopic (exact) mass is 258 g/mol. The highest BCUT2D eigenvalue weighted by Gasteiger charge is 2.18. The maximum Gasteiger partial charge on any atom is 0.0249 e. The van der Waals surface area contributed by atoms with E-state index in [1.165, 1.54) is 32.5 Å². The minimum absolute atomic E-state index is 0.525. The maximum atomic E-state index is 11.2. The smallest absolute Gasteiger partial charge is 0.0249 e. The highest BCUT2D eigenvalue weighted by Crippen LogP contribution is 2.15. The standard InChI is InChI=1S/C13H26N2OS/c1-12-2-7-15(8-3-12)9-6-14-13-4-10-17(16)11-5-13/h12-14H,2-11H2,1H3. The van der Waals surface area contributed by atoms with Crippen LogP contribution in [-0.2, 0) is 10.8 Å². The van der Waals surface area contributed by atoms with E-state index in [-0.39, 0.29) is 0 Å². The summed E-state index contributed by atoms with van der Waals surface area (Å²) in [4.78, 5) is 2.58. The van der Waals surface area contributed by atoms with E-state index in [9.17, 15) is 4.21 Å². The Morgan fingerprint density at radius 1 is 1.18 bits per heavy atom. The Morgan fingerprint density at radius 2 is 1.82 bits per heavy atom. The normalized spacial score (nSPS) is 32.8. The Kier molecular flexibility index (Phi) is 5.45. The van der Waals surface area contributed by atoms with Crippen molar-refractivity contribution in [3.8, 4) is 0 Å². The Labute approximate surface area is 108 Å². The van der Waals surface area contributed by atoms with Gasteiger partial charge in [-0.3, -0.25) is 4.21 Å². The molecule has 0 saturated carbocycles. The van der Waals surface area contributed by atoms with E-state index in [1.807, 2.05) is 0 Å². The molecule has 0 bridgehead atoms. The third kappa shape index (κ3) is 4.68. The van der Waals surface area contributed by atoms with Crippen molar-refractivity contribution < 1.29 is 4.21 Å². The molecule has 0 aromatic heterocycles. The molecule has 0 unspecified atom stereocenters. The summed E-state index contributed by atoms with van der Waals surface area (Å²) in [6, 6.07) is 0.622. The third-order valence-electron chi connectivity index (χ3n) is 4.13. The van der Waals surface area contributed by atoms with Gasteiger partial charge in [0.25, 0.3) is 0 Å². The van der Waals surface area contributed by atoms with Gasteiger partial charge in [-0.15, -0.1) is 0 Å². The molecule has 100 valence electrons. The fraction of sp³-hybridized carbons (Fsp3) is 1.00. The summed E-state index contributed by atoms with van der Waals surface area (Å²) in [5.41, 5.74) is 0.